The van der Waals surface area contributed by atoms with Gasteiger partial charge in [0.25, 0.3) is 0 Å². The first-order valence-electron chi connectivity index (χ1n) is 4.53. The molecule has 0 bridgehead atoms. The predicted molar refractivity (Wildman–Crippen MR) is 58.8 cm³/mol. The summed E-state index contributed by atoms with van der Waals surface area (Å²) < 4.78 is 0.978. The largest absolute Gasteiger partial charge is 0.358 e. The van der Waals surface area contributed by atoms with Gasteiger partial charge in [0, 0.05) is 13.2 Å². The van der Waals surface area contributed by atoms with Crippen molar-refractivity contribution >= 4 is 5.84 Å². The zero-order chi connectivity index (χ0) is 10.5. The minimum absolute atomic E-state index is 0.978. The third-order valence-electron chi connectivity index (χ3n) is 1.94. The molecule has 76 valence electrons. The Morgan fingerprint density at radius 3 is 2.38 bits per heavy atom. The van der Waals surface area contributed by atoms with Gasteiger partial charge in [-0.2, -0.15) is 0 Å². The maximum absolute atomic E-state index is 4.12. The highest BCUT2D eigenvalue weighted by Crippen LogP contribution is 1.93. The molecule has 13 heavy (non-hydrogen) atoms. The Balaban J connectivity index is 3.94. The lowest BCUT2D eigenvalue weighted by molar-refractivity contribution is -0.869. The summed E-state index contributed by atoms with van der Waals surface area (Å²) in [6.45, 7) is 7.70. The van der Waals surface area contributed by atoms with Crippen LogP contribution in [-0.2, 0) is 0 Å². The second-order valence-corrected chi connectivity index (χ2v) is 4.29. The van der Waals surface area contributed by atoms with E-state index in [2.05, 4.69) is 44.7 Å². The lowest BCUT2D eigenvalue weighted by atomic mass is 10.4. The summed E-state index contributed by atoms with van der Waals surface area (Å²) in [5.74, 6) is 1.02. The van der Waals surface area contributed by atoms with Gasteiger partial charge >= 0.3 is 0 Å². The molecule has 0 spiro atoms. The van der Waals surface area contributed by atoms with Crippen molar-refractivity contribution in [2.75, 3.05) is 41.3 Å². The minimum Gasteiger partial charge on any atom is -0.358 e. The highest BCUT2D eigenvalue weighted by Gasteiger charge is 2.08. The minimum atomic E-state index is 0.978. The van der Waals surface area contributed by atoms with Crippen molar-refractivity contribution < 1.29 is 4.48 Å². The highest BCUT2D eigenvalue weighted by atomic mass is 15.3. The van der Waals surface area contributed by atoms with Crippen LogP contribution in [0.5, 0.6) is 0 Å². The maximum atomic E-state index is 4.12. The molecule has 0 aromatic heterocycles. The molecular formula is C10H22N3+. The average molecular weight is 184 g/mol. The topological polar surface area (TPSA) is 15.6 Å². The number of quaternary nitrogens is 1. The first kappa shape index (κ1) is 12.2. The van der Waals surface area contributed by atoms with Gasteiger partial charge in [0.1, 0.15) is 5.84 Å². The molecule has 0 amide bonds. The van der Waals surface area contributed by atoms with Gasteiger partial charge in [-0.1, -0.05) is 6.58 Å². The fourth-order valence-corrected chi connectivity index (χ4v) is 0.842. The molecule has 0 saturated carbocycles. The third-order valence-corrected chi connectivity index (χ3v) is 1.94. The number of likely N-dealkylation sites (N-methyl/N-ethyl adjacent to an activating group) is 2. The molecule has 0 saturated heterocycles. The van der Waals surface area contributed by atoms with Crippen LogP contribution in [0.4, 0.5) is 0 Å². The normalized spacial score (nSPS) is 12.8. The van der Waals surface area contributed by atoms with Gasteiger partial charge in [-0.25, -0.2) is 4.99 Å². The van der Waals surface area contributed by atoms with Gasteiger partial charge in [-0.05, 0) is 6.92 Å². The Hall–Kier alpha value is -0.830. The standard InChI is InChI=1S/C10H22N3/c1-7-11-10(2)12(3)8-9-13(4,5)6/h7H,1,8-9H2,2-6H3/q+1. The van der Waals surface area contributed by atoms with Crippen molar-refractivity contribution in [3.63, 3.8) is 0 Å². The van der Waals surface area contributed by atoms with E-state index >= 15 is 0 Å². The lowest BCUT2D eigenvalue weighted by Crippen LogP contribution is -2.42. The Morgan fingerprint density at radius 2 is 2.00 bits per heavy atom. The van der Waals surface area contributed by atoms with Gasteiger partial charge in [0.05, 0.1) is 34.2 Å². The van der Waals surface area contributed by atoms with E-state index in [-0.39, 0.29) is 0 Å². The van der Waals surface area contributed by atoms with Crippen LogP contribution in [-0.4, -0.2) is 56.5 Å². The molecular weight excluding hydrogens is 162 g/mol. The van der Waals surface area contributed by atoms with Crippen LogP contribution >= 0.6 is 0 Å². The van der Waals surface area contributed by atoms with Gasteiger partial charge in [-0.15, -0.1) is 0 Å². The fourth-order valence-electron chi connectivity index (χ4n) is 0.842. The van der Waals surface area contributed by atoms with Crippen LogP contribution in [0, 0.1) is 0 Å². The van der Waals surface area contributed by atoms with Gasteiger partial charge in [-0.3, -0.25) is 0 Å². The molecule has 3 heteroatoms. The van der Waals surface area contributed by atoms with Crippen LogP contribution in [0.3, 0.4) is 0 Å². The van der Waals surface area contributed by atoms with Crippen LogP contribution in [0.25, 0.3) is 0 Å². The Bertz CT molecular complexity index is 189. The summed E-state index contributed by atoms with van der Waals surface area (Å²) in [6.07, 6.45) is 1.58. The van der Waals surface area contributed by atoms with Crippen molar-refractivity contribution in [2.24, 2.45) is 4.99 Å². The Labute approximate surface area is 82.0 Å². The van der Waals surface area contributed by atoms with E-state index in [1.807, 2.05) is 6.92 Å². The molecule has 3 nitrogen and oxygen atoms in total. The van der Waals surface area contributed by atoms with E-state index in [1.54, 1.807) is 6.20 Å². The van der Waals surface area contributed by atoms with E-state index in [4.69, 9.17) is 0 Å². The molecule has 0 radical (unpaired) electrons. The highest BCUT2D eigenvalue weighted by molar-refractivity contribution is 5.79. The molecule has 0 aliphatic rings. The molecule has 0 unspecified atom stereocenters. The lowest BCUT2D eigenvalue weighted by Gasteiger charge is -2.27. The summed E-state index contributed by atoms with van der Waals surface area (Å²) in [7, 11) is 8.62. The van der Waals surface area contributed by atoms with E-state index in [0.717, 1.165) is 23.4 Å². The molecule has 0 rings (SSSR count). The van der Waals surface area contributed by atoms with Gasteiger partial charge < -0.3 is 9.38 Å². The maximum Gasteiger partial charge on any atom is 0.101 e. The van der Waals surface area contributed by atoms with Crippen LogP contribution < -0.4 is 0 Å². The summed E-state index contributed by atoms with van der Waals surface area (Å²) >= 11 is 0. The number of hydrogen-bond donors (Lipinski definition) is 0. The molecule has 0 aromatic carbocycles. The summed E-state index contributed by atoms with van der Waals surface area (Å²) in [6, 6.07) is 0. The van der Waals surface area contributed by atoms with Crippen LogP contribution in [0.2, 0.25) is 0 Å². The van der Waals surface area contributed by atoms with Crippen molar-refractivity contribution in [2.45, 2.75) is 6.92 Å². The van der Waals surface area contributed by atoms with Gasteiger partial charge in [0.15, 0.2) is 0 Å². The Morgan fingerprint density at radius 1 is 1.46 bits per heavy atom. The van der Waals surface area contributed by atoms with Crippen molar-refractivity contribution in [1.82, 2.24) is 4.90 Å². The zero-order valence-electron chi connectivity index (χ0n) is 9.54. The number of amidine groups is 1. The summed E-state index contributed by atoms with van der Waals surface area (Å²) in [5, 5.41) is 0. The molecule has 0 heterocycles. The van der Waals surface area contributed by atoms with E-state index in [9.17, 15) is 0 Å². The third kappa shape index (κ3) is 6.34. The molecule has 0 fully saturated rings. The predicted octanol–water partition coefficient (Wildman–Crippen LogP) is 1.19. The fraction of sp³-hybridized carbons (Fsp3) is 0.700. The molecule has 0 aliphatic carbocycles. The molecule has 0 N–H and O–H groups in total. The average Bonchev–Trinajstić information content (AvgIpc) is 1.99. The second-order valence-electron chi connectivity index (χ2n) is 4.29. The molecule has 0 aromatic rings. The summed E-state index contributed by atoms with van der Waals surface area (Å²) in [4.78, 5) is 6.27. The number of hydrogen-bond acceptors (Lipinski definition) is 1. The van der Waals surface area contributed by atoms with E-state index in [1.165, 1.54) is 0 Å². The number of nitrogens with zero attached hydrogens (tertiary/aromatic N) is 3. The van der Waals surface area contributed by atoms with Crippen molar-refractivity contribution in [1.29, 1.82) is 0 Å². The van der Waals surface area contributed by atoms with Crippen molar-refractivity contribution in [3.05, 3.63) is 12.8 Å². The second kappa shape index (κ2) is 5.02. The smallest absolute Gasteiger partial charge is 0.101 e. The first-order valence-corrected chi connectivity index (χ1v) is 4.53. The Kier molecular flexibility index (Phi) is 4.70. The quantitative estimate of drug-likeness (QED) is 0.364. The SMILES string of the molecule is C=CN=C(C)N(C)CC[N+](C)(C)C. The molecule has 0 atom stereocenters. The van der Waals surface area contributed by atoms with Crippen molar-refractivity contribution in [3.8, 4) is 0 Å². The monoisotopic (exact) mass is 184 g/mol. The number of rotatable bonds is 4. The van der Waals surface area contributed by atoms with Gasteiger partial charge in [0.2, 0.25) is 0 Å². The number of aliphatic imine (C=N–C) groups is 1. The molecule has 0 aliphatic heterocycles. The first-order chi connectivity index (χ1) is 5.87. The van der Waals surface area contributed by atoms with E-state index < -0.39 is 0 Å². The summed E-state index contributed by atoms with van der Waals surface area (Å²) in [5.41, 5.74) is 0. The van der Waals surface area contributed by atoms with Crippen LogP contribution in [0.15, 0.2) is 17.8 Å². The van der Waals surface area contributed by atoms with E-state index in [0.29, 0.717) is 0 Å². The van der Waals surface area contributed by atoms with Crippen LogP contribution in [0.1, 0.15) is 6.92 Å². The zero-order valence-corrected chi connectivity index (χ0v) is 9.54.